The van der Waals surface area contributed by atoms with Crippen molar-refractivity contribution in [1.29, 1.82) is 0 Å². The highest BCUT2D eigenvalue weighted by Crippen LogP contribution is 2.31. The Morgan fingerprint density at radius 2 is 1.81 bits per heavy atom. The Bertz CT molecular complexity index is 950. The van der Waals surface area contributed by atoms with Gasteiger partial charge in [-0.3, -0.25) is 4.79 Å². The number of hydrogen-bond acceptors (Lipinski definition) is 3. The molecule has 0 atom stereocenters. The Kier molecular flexibility index (Phi) is 5.67. The molecular formula is C21H26N2O3S. The Labute approximate surface area is 161 Å². The molecule has 6 heteroatoms. The molecule has 1 amide bonds. The van der Waals surface area contributed by atoms with Crippen LogP contribution in [0, 0.1) is 6.92 Å². The summed E-state index contributed by atoms with van der Waals surface area (Å²) in [7, 11) is -3.50. The maximum absolute atomic E-state index is 13.1. The van der Waals surface area contributed by atoms with Crippen LogP contribution in [0.1, 0.15) is 41.8 Å². The Morgan fingerprint density at radius 1 is 1.11 bits per heavy atom. The third-order valence-electron chi connectivity index (χ3n) is 5.13. The van der Waals surface area contributed by atoms with Gasteiger partial charge in [0.1, 0.15) is 0 Å². The van der Waals surface area contributed by atoms with Crippen LogP contribution in [0.2, 0.25) is 0 Å². The van der Waals surface area contributed by atoms with E-state index in [9.17, 15) is 13.2 Å². The monoisotopic (exact) mass is 386 g/mol. The Hall–Kier alpha value is -2.18. The van der Waals surface area contributed by atoms with Gasteiger partial charge in [0.05, 0.1) is 4.90 Å². The summed E-state index contributed by atoms with van der Waals surface area (Å²) in [4.78, 5) is 15.1. The van der Waals surface area contributed by atoms with E-state index in [1.807, 2.05) is 45.0 Å². The molecule has 0 spiro atoms. The van der Waals surface area contributed by atoms with E-state index in [2.05, 4.69) is 0 Å². The minimum absolute atomic E-state index is 0.0339. The number of hydrogen-bond donors (Lipinski definition) is 0. The summed E-state index contributed by atoms with van der Waals surface area (Å²) in [5.74, 6) is -0.0339. The Morgan fingerprint density at radius 3 is 2.48 bits per heavy atom. The number of sulfonamides is 1. The van der Waals surface area contributed by atoms with Crippen molar-refractivity contribution < 1.29 is 13.2 Å². The summed E-state index contributed by atoms with van der Waals surface area (Å²) in [5, 5.41) is 0. The van der Waals surface area contributed by atoms with Crippen LogP contribution < -0.4 is 4.90 Å². The van der Waals surface area contributed by atoms with E-state index in [0.29, 0.717) is 30.1 Å². The summed E-state index contributed by atoms with van der Waals surface area (Å²) in [6, 6.07) is 12.7. The maximum atomic E-state index is 13.1. The van der Waals surface area contributed by atoms with Gasteiger partial charge in [-0.15, -0.1) is 0 Å². The average molecular weight is 387 g/mol. The number of rotatable bonds is 5. The van der Waals surface area contributed by atoms with Gasteiger partial charge < -0.3 is 4.90 Å². The van der Waals surface area contributed by atoms with Crippen LogP contribution in [0.3, 0.4) is 0 Å². The number of carbonyl (C=O) groups is 1. The van der Waals surface area contributed by atoms with Crippen molar-refractivity contribution >= 4 is 21.6 Å². The first kappa shape index (κ1) is 19.6. The lowest BCUT2D eigenvalue weighted by Gasteiger charge is -2.30. The van der Waals surface area contributed by atoms with E-state index in [0.717, 1.165) is 29.7 Å². The lowest BCUT2D eigenvalue weighted by atomic mass is 10.00. The second-order valence-electron chi connectivity index (χ2n) is 6.76. The first-order valence-electron chi connectivity index (χ1n) is 9.40. The minimum atomic E-state index is -3.50. The van der Waals surface area contributed by atoms with Gasteiger partial charge >= 0.3 is 0 Å². The van der Waals surface area contributed by atoms with Gasteiger partial charge in [0.15, 0.2) is 0 Å². The zero-order valence-corrected chi connectivity index (χ0v) is 16.9. The van der Waals surface area contributed by atoms with Crippen molar-refractivity contribution in [3.63, 3.8) is 0 Å². The number of carbonyl (C=O) groups excluding carboxylic acids is 1. The molecule has 1 heterocycles. The van der Waals surface area contributed by atoms with E-state index in [4.69, 9.17) is 0 Å². The third kappa shape index (κ3) is 3.64. The predicted octanol–water partition coefficient (Wildman–Crippen LogP) is 3.62. The molecule has 0 saturated carbocycles. The molecule has 0 aliphatic carbocycles. The van der Waals surface area contributed by atoms with Crippen LogP contribution >= 0.6 is 0 Å². The van der Waals surface area contributed by atoms with E-state index in [1.165, 1.54) is 4.31 Å². The lowest BCUT2D eigenvalue weighted by molar-refractivity contribution is 0.0984. The second-order valence-corrected chi connectivity index (χ2v) is 8.69. The topological polar surface area (TPSA) is 57.7 Å². The standard InChI is InChI=1S/C21H26N2O3S/c1-4-22(5-2)27(25,26)18-12-13-20-17(15-18)10-8-14-23(20)21(24)19-11-7-6-9-16(19)3/h6-7,9,11-13,15H,4-5,8,10,14H2,1-3H3. The Balaban J connectivity index is 1.99. The maximum Gasteiger partial charge on any atom is 0.258 e. The molecule has 0 unspecified atom stereocenters. The number of aryl methyl sites for hydroxylation is 2. The van der Waals surface area contributed by atoms with Gasteiger partial charge in [0.25, 0.3) is 5.91 Å². The number of nitrogens with zero attached hydrogens (tertiary/aromatic N) is 2. The highest BCUT2D eigenvalue weighted by Gasteiger charge is 2.27. The van der Waals surface area contributed by atoms with Crippen LogP contribution in [0.25, 0.3) is 0 Å². The van der Waals surface area contributed by atoms with Crippen molar-refractivity contribution in [3.8, 4) is 0 Å². The summed E-state index contributed by atoms with van der Waals surface area (Å²) in [6.45, 7) is 7.12. The zero-order valence-electron chi connectivity index (χ0n) is 16.1. The largest absolute Gasteiger partial charge is 0.308 e. The quantitative estimate of drug-likeness (QED) is 0.789. The van der Waals surface area contributed by atoms with Crippen LogP contribution in [0.4, 0.5) is 5.69 Å². The van der Waals surface area contributed by atoms with E-state index >= 15 is 0 Å². The number of amides is 1. The van der Waals surface area contributed by atoms with E-state index in [1.54, 1.807) is 23.1 Å². The van der Waals surface area contributed by atoms with E-state index < -0.39 is 10.0 Å². The summed E-state index contributed by atoms with van der Waals surface area (Å²) in [6.07, 6.45) is 1.59. The van der Waals surface area contributed by atoms with Gasteiger partial charge in [-0.25, -0.2) is 8.42 Å². The molecule has 0 fully saturated rings. The van der Waals surface area contributed by atoms with Crippen molar-refractivity contribution in [3.05, 3.63) is 59.2 Å². The highest BCUT2D eigenvalue weighted by molar-refractivity contribution is 7.89. The first-order valence-corrected chi connectivity index (χ1v) is 10.8. The van der Waals surface area contributed by atoms with Crippen molar-refractivity contribution in [2.45, 2.75) is 38.5 Å². The average Bonchev–Trinajstić information content (AvgIpc) is 2.67. The first-order chi connectivity index (χ1) is 12.9. The van der Waals surface area contributed by atoms with Gasteiger partial charge in [-0.05, 0) is 55.2 Å². The molecule has 0 aromatic heterocycles. The van der Waals surface area contributed by atoms with Crippen LogP contribution in [0.15, 0.2) is 47.4 Å². The molecule has 0 radical (unpaired) electrons. The lowest BCUT2D eigenvalue weighted by Crippen LogP contribution is -2.36. The van der Waals surface area contributed by atoms with Gasteiger partial charge in [0, 0.05) is 30.9 Å². The van der Waals surface area contributed by atoms with E-state index in [-0.39, 0.29) is 5.91 Å². The SMILES string of the molecule is CCN(CC)S(=O)(=O)c1ccc2c(c1)CCCN2C(=O)c1ccccc1C. The van der Waals surface area contributed by atoms with Crippen molar-refractivity contribution in [2.75, 3.05) is 24.5 Å². The third-order valence-corrected chi connectivity index (χ3v) is 7.18. The molecular weight excluding hydrogens is 360 g/mol. The molecule has 2 aromatic rings. The highest BCUT2D eigenvalue weighted by atomic mass is 32.2. The molecule has 1 aliphatic rings. The summed E-state index contributed by atoms with van der Waals surface area (Å²) < 4.78 is 27.1. The molecule has 27 heavy (non-hydrogen) atoms. The van der Waals surface area contributed by atoms with Gasteiger partial charge in [-0.1, -0.05) is 32.0 Å². The van der Waals surface area contributed by atoms with Crippen molar-refractivity contribution in [1.82, 2.24) is 4.31 Å². The molecule has 3 rings (SSSR count). The van der Waals surface area contributed by atoms with Crippen LogP contribution in [-0.2, 0) is 16.4 Å². The van der Waals surface area contributed by atoms with Crippen LogP contribution in [-0.4, -0.2) is 38.3 Å². The fourth-order valence-corrected chi connectivity index (χ4v) is 5.12. The van der Waals surface area contributed by atoms with Crippen molar-refractivity contribution in [2.24, 2.45) is 0 Å². The fourth-order valence-electron chi connectivity index (χ4n) is 3.62. The summed E-state index contributed by atoms with van der Waals surface area (Å²) in [5.41, 5.74) is 3.35. The molecule has 0 saturated heterocycles. The molecule has 144 valence electrons. The normalized spacial score (nSPS) is 14.3. The number of fused-ring (bicyclic) bond motifs is 1. The predicted molar refractivity (Wildman–Crippen MR) is 108 cm³/mol. The molecule has 0 N–H and O–H groups in total. The minimum Gasteiger partial charge on any atom is -0.308 e. The zero-order chi connectivity index (χ0) is 19.6. The number of anilines is 1. The molecule has 2 aromatic carbocycles. The molecule has 1 aliphatic heterocycles. The molecule has 5 nitrogen and oxygen atoms in total. The summed E-state index contributed by atoms with van der Waals surface area (Å²) >= 11 is 0. The van der Waals surface area contributed by atoms with Crippen LogP contribution in [0.5, 0.6) is 0 Å². The smallest absolute Gasteiger partial charge is 0.258 e. The van der Waals surface area contributed by atoms with Gasteiger partial charge in [0.2, 0.25) is 10.0 Å². The number of benzene rings is 2. The second kappa shape index (κ2) is 7.82. The van der Waals surface area contributed by atoms with Gasteiger partial charge in [-0.2, -0.15) is 4.31 Å². The molecule has 0 bridgehead atoms. The fraction of sp³-hybridized carbons (Fsp3) is 0.381.